The van der Waals surface area contributed by atoms with E-state index >= 15 is 0 Å². The second-order valence-corrected chi connectivity index (χ2v) is 7.56. The van der Waals surface area contributed by atoms with Gasteiger partial charge in [0.05, 0.1) is 24.9 Å². The first-order valence-corrected chi connectivity index (χ1v) is 9.68. The number of nitrogens with one attached hydrogen (secondary N) is 1. The molecule has 0 spiro atoms. The van der Waals surface area contributed by atoms with Crippen LogP contribution < -0.4 is 20.5 Å². The third-order valence-corrected chi connectivity index (χ3v) is 5.43. The monoisotopic (exact) mass is 377 g/mol. The van der Waals surface area contributed by atoms with E-state index in [0.29, 0.717) is 35.0 Å². The summed E-state index contributed by atoms with van der Waals surface area (Å²) in [5, 5.41) is 2.94. The Morgan fingerprint density at radius 3 is 2.42 bits per heavy atom. The first kappa shape index (κ1) is 19.6. The van der Waals surface area contributed by atoms with Crippen LogP contribution in [0.3, 0.4) is 0 Å². The Kier molecular flexibility index (Phi) is 6.85. The number of nitrogens with zero attached hydrogens (tertiary/aromatic N) is 1. The van der Waals surface area contributed by atoms with Gasteiger partial charge in [-0.15, -0.1) is 0 Å². The van der Waals surface area contributed by atoms with Crippen LogP contribution in [0, 0.1) is 0 Å². The van der Waals surface area contributed by atoms with Gasteiger partial charge in [-0.25, -0.2) is 8.42 Å². The Morgan fingerprint density at radius 1 is 1.08 bits per heavy atom. The van der Waals surface area contributed by atoms with Gasteiger partial charge in [0.1, 0.15) is 0 Å². The third kappa shape index (κ3) is 5.38. The molecule has 0 aliphatic rings. The third-order valence-electron chi connectivity index (χ3n) is 3.61. The Balaban J connectivity index is 1.89. The highest BCUT2D eigenvalue weighted by Crippen LogP contribution is 2.29. The van der Waals surface area contributed by atoms with Gasteiger partial charge < -0.3 is 20.5 Å². The fraction of sp³-hybridized carbons (Fsp3) is 0.278. The summed E-state index contributed by atoms with van der Waals surface area (Å²) in [4.78, 5) is 4.48. The van der Waals surface area contributed by atoms with E-state index in [-0.39, 0.29) is 11.7 Å². The van der Waals surface area contributed by atoms with Crippen LogP contribution >= 0.6 is 0 Å². The summed E-state index contributed by atoms with van der Waals surface area (Å²) in [5.41, 5.74) is 6.54. The fourth-order valence-corrected chi connectivity index (χ4v) is 3.62. The standard InChI is InChI=1S/C18H23N3O4S/c1-24-16-10-9-14(13-17(16)25-2)21-18(19)20-11-6-12-26(22,23)15-7-4-3-5-8-15/h3-5,7-10,13H,6,11-12H2,1-2H3,(H3,19,20,21). The number of ether oxygens (including phenoxy) is 2. The highest BCUT2D eigenvalue weighted by molar-refractivity contribution is 7.91. The van der Waals surface area contributed by atoms with Crippen molar-refractivity contribution in [2.75, 3.05) is 31.8 Å². The number of nitrogens with two attached hydrogens (primary N) is 1. The van der Waals surface area contributed by atoms with Crippen molar-refractivity contribution in [2.24, 2.45) is 10.7 Å². The molecule has 0 aromatic heterocycles. The number of hydrogen-bond acceptors (Lipinski definition) is 5. The van der Waals surface area contributed by atoms with Gasteiger partial charge in [-0.1, -0.05) is 18.2 Å². The van der Waals surface area contributed by atoms with Crippen molar-refractivity contribution in [2.45, 2.75) is 11.3 Å². The smallest absolute Gasteiger partial charge is 0.193 e. The summed E-state index contributed by atoms with van der Waals surface area (Å²) in [7, 11) is -0.187. The van der Waals surface area contributed by atoms with Crippen LogP contribution in [-0.4, -0.2) is 40.9 Å². The minimum atomic E-state index is -3.29. The zero-order valence-corrected chi connectivity index (χ0v) is 15.6. The van der Waals surface area contributed by atoms with E-state index in [2.05, 4.69) is 10.3 Å². The lowest BCUT2D eigenvalue weighted by Gasteiger charge is -2.11. The van der Waals surface area contributed by atoms with Crippen LogP contribution in [0.1, 0.15) is 6.42 Å². The van der Waals surface area contributed by atoms with Crippen molar-refractivity contribution in [3.8, 4) is 11.5 Å². The highest BCUT2D eigenvalue weighted by atomic mass is 32.2. The van der Waals surface area contributed by atoms with Gasteiger partial charge in [-0.2, -0.15) is 0 Å². The number of guanidine groups is 1. The molecule has 0 heterocycles. The number of anilines is 1. The van der Waals surface area contributed by atoms with Crippen LogP contribution in [0.15, 0.2) is 58.4 Å². The minimum absolute atomic E-state index is 0.0180. The zero-order chi connectivity index (χ0) is 19.0. The van der Waals surface area contributed by atoms with E-state index in [1.165, 1.54) is 0 Å². The largest absolute Gasteiger partial charge is 0.493 e. The van der Waals surface area contributed by atoms with Crippen LogP contribution in [0.25, 0.3) is 0 Å². The molecule has 26 heavy (non-hydrogen) atoms. The van der Waals surface area contributed by atoms with Gasteiger partial charge in [0.25, 0.3) is 0 Å². The van der Waals surface area contributed by atoms with Crippen molar-refractivity contribution in [1.29, 1.82) is 0 Å². The lowest BCUT2D eigenvalue weighted by atomic mass is 10.3. The molecule has 2 aromatic carbocycles. The summed E-state index contributed by atoms with van der Waals surface area (Å²) in [6.07, 6.45) is 0.380. The van der Waals surface area contributed by atoms with Gasteiger partial charge in [0.15, 0.2) is 27.3 Å². The second kappa shape index (κ2) is 9.10. The number of hydrogen-bond donors (Lipinski definition) is 2. The quantitative estimate of drug-likeness (QED) is 0.416. The van der Waals surface area contributed by atoms with Gasteiger partial charge in [0, 0.05) is 18.3 Å². The fourth-order valence-electron chi connectivity index (χ4n) is 2.30. The highest BCUT2D eigenvalue weighted by Gasteiger charge is 2.12. The molecule has 2 aromatic rings. The normalized spacial score (nSPS) is 11.8. The molecule has 7 nitrogen and oxygen atoms in total. The molecule has 0 unspecified atom stereocenters. The number of rotatable bonds is 8. The number of sulfone groups is 1. The SMILES string of the molecule is COc1ccc(NC(N)=NCCCS(=O)(=O)c2ccccc2)cc1OC. The molecule has 0 bridgehead atoms. The molecule has 0 atom stereocenters. The molecule has 140 valence electrons. The molecule has 0 aliphatic carbocycles. The molecule has 2 rings (SSSR count). The van der Waals surface area contributed by atoms with Crippen LogP contribution in [-0.2, 0) is 9.84 Å². The molecule has 0 aliphatic heterocycles. The molecule has 0 amide bonds. The van der Waals surface area contributed by atoms with E-state index < -0.39 is 9.84 Å². The lowest BCUT2D eigenvalue weighted by Crippen LogP contribution is -2.23. The van der Waals surface area contributed by atoms with Gasteiger partial charge in [-0.3, -0.25) is 4.99 Å². The van der Waals surface area contributed by atoms with Crippen molar-refractivity contribution in [3.63, 3.8) is 0 Å². The summed E-state index contributed by atoms with van der Waals surface area (Å²) in [6, 6.07) is 13.6. The van der Waals surface area contributed by atoms with Crippen LogP contribution in [0.5, 0.6) is 11.5 Å². The van der Waals surface area contributed by atoms with Crippen LogP contribution in [0.2, 0.25) is 0 Å². The van der Waals surface area contributed by atoms with E-state index in [4.69, 9.17) is 15.2 Å². The van der Waals surface area contributed by atoms with Gasteiger partial charge >= 0.3 is 0 Å². The van der Waals surface area contributed by atoms with E-state index in [1.807, 2.05) is 0 Å². The molecule has 0 fully saturated rings. The van der Waals surface area contributed by atoms with Crippen molar-refractivity contribution in [3.05, 3.63) is 48.5 Å². The Bertz CT molecular complexity index is 852. The van der Waals surface area contributed by atoms with E-state index in [0.717, 1.165) is 0 Å². The molecule has 8 heteroatoms. The van der Waals surface area contributed by atoms with Crippen molar-refractivity contribution >= 4 is 21.5 Å². The molecule has 3 N–H and O–H groups in total. The first-order valence-electron chi connectivity index (χ1n) is 8.03. The predicted octanol–water partition coefficient (Wildman–Crippen LogP) is 2.29. The molecule has 0 saturated carbocycles. The average Bonchev–Trinajstić information content (AvgIpc) is 2.66. The van der Waals surface area contributed by atoms with Crippen molar-refractivity contribution in [1.82, 2.24) is 0 Å². The molecule has 0 saturated heterocycles. The van der Waals surface area contributed by atoms with Gasteiger partial charge in [-0.05, 0) is 30.7 Å². The topological polar surface area (TPSA) is 103 Å². The summed E-state index contributed by atoms with van der Waals surface area (Å²) < 4.78 is 34.8. The van der Waals surface area contributed by atoms with Gasteiger partial charge in [0.2, 0.25) is 0 Å². The number of benzene rings is 2. The molecule has 0 radical (unpaired) electrons. The maximum atomic E-state index is 12.2. The molecular weight excluding hydrogens is 354 g/mol. The lowest BCUT2D eigenvalue weighted by molar-refractivity contribution is 0.355. The minimum Gasteiger partial charge on any atom is -0.493 e. The first-order chi connectivity index (χ1) is 12.5. The maximum Gasteiger partial charge on any atom is 0.193 e. The average molecular weight is 377 g/mol. The zero-order valence-electron chi connectivity index (χ0n) is 14.8. The van der Waals surface area contributed by atoms with E-state index in [9.17, 15) is 8.42 Å². The summed E-state index contributed by atoms with van der Waals surface area (Å²) in [5.74, 6) is 1.40. The van der Waals surface area contributed by atoms with Crippen LogP contribution in [0.4, 0.5) is 5.69 Å². The second-order valence-electron chi connectivity index (χ2n) is 5.45. The summed E-state index contributed by atoms with van der Waals surface area (Å²) in [6.45, 7) is 0.304. The van der Waals surface area contributed by atoms with E-state index in [1.54, 1.807) is 62.8 Å². The Hall–Kier alpha value is -2.74. The van der Waals surface area contributed by atoms with Crippen molar-refractivity contribution < 1.29 is 17.9 Å². The molecular formula is C18H23N3O4S. The maximum absolute atomic E-state index is 12.2. The Labute approximate surface area is 153 Å². The number of aliphatic imine (C=N–C) groups is 1. The predicted molar refractivity (Wildman–Crippen MR) is 103 cm³/mol. The number of methoxy groups -OCH3 is 2. The Morgan fingerprint density at radius 2 is 1.77 bits per heavy atom. The summed E-state index contributed by atoms with van der Waals surface area (Å²) >= 11 is 0.